The van der Waals surface area contributed by atoms with Gasteiger partial charge >= 0.3 is 0 Å². The third kappa shape index (κ3) is 5.68. The second kappa shape index (κ2) is 8.40. The molecule has 0 radical (unpaired) electrons. The summed E-state index contributed by atoms with van der Waals surface area (Å²) in [6, 6.07) is 4.31. The normalized spacial score (nSPS) is 14.0. The van der Waals surface area contributed by atoms with E-state index in [4.69, 9.17) is 4.74 Å². The summed E-state index contributed by atoms with van der Waals surface area (Å²) in [6.07, 6.45) is 2.92. The van der Waals surface area contributed by atoms with Crippen LogP contribution in [0.1, 0.15) is 49.8 Å². The molecule has 0 aromatic heterocycles. The first-order chi connectivity index (χ1) is 9.91. The fourth-order valence-corrected chi connectivity index (χ4v) is 2.68. The van der Waals surface area contributed by atoms with Gasteiger partial charge in [-0.25, -0.2) is 0 Å². The molecule has 120 valence electrons. The minimum Gasteiger partial charge on any atom is -0.493 e. The summed E-state index contributed by atoms with van der Waals surface area (Å²) in [5.41, 5.74) is 3.47. The summed E-state index contributed by atoms with van der Waals surface area (Å²) in [5, 5.41) is 13.0. The van der Waals surface area contributed by atoms with E-state index in [1.165, 1.54) is 16.7 Å². The first-order valence-electron chi connectivity index (χ1n) is 7.98. The maximum atomic E-state index is 9.54. The van der Waals surface area contributed by atoms with Gasteiger partial charge in [0, 0.05) is 5.54 Å². The number of ether oxygens (including phenoxy) is 1. The van der Waals surface area contributed by atoms with E-state index < -0.39 is 0 Å². The van der Waals surface area contributed by atoms with Crippen molar-refractivity contribution < 1.29 is 9.84 Å². The molecular formula is C18H31NO2. The number of rotatable bonds is 9. The first kappa shape index (κ1) is 18.0. The highest BCUT2D eigenvalue weighted by Gasteiger charge is 2.21. The smallest absolute Gasteiger partial charge is 0.125 e. The lowest BCUT2D eigenvalue weighted by Gasteiger charge is -2.29. The van der Waals surface area contributed by atoms with Crippen LogP contribution in [0.25, 0.3) is 0 Å². The molecule has 0 aliphatic rings. The van der Waals surface area contributed by atoms with Gasteiger partial charge < -0.3 is 15.2 Å². The van der Waals surface area contributed by atoms with E-state index in [9.17, 15) is 5.11 Å². The SMILES string of the molecule is CCCNC(C)(CO)CCCOc1c(C)cc(C)cc1C. The average molecular weight is 293 g/mol. The lowest BCUT2D eigenvalue weighted by molar-refractivity contribution is 0.156. The molecule has 1 unspecified atom stereocenters. The van der Waals surface area contributed by atoms with Crippen LogP contribution < -0.4 is 10.1 Å². The Balaban J connectivity index is 2.47. The predicted molar refractivity (Wildman–Crippen MR) is 89.2 cm³/mol. The molecule has 0 aliphatic carbocycles. The number of benzene rings is 1. The molecule has 1 aromatic carbocycles. The maximum absolute atomic E-state index is 9.54. The molecule has 1 atom stereocenters. The highest BCUT2D eigenvalue weighted by Crippen LogP contribution is 2.25. The summed E-state index contributed by atoms with van der Waals surface area (Å²) in [4.78, 5) is 0. The molecule has 21 heavy (non-hydrogen) atoms. The highest BCUT2D eigenvalue weighted by molar-refractivity contribution is 5.42. The summed E-state index contributed by atoms with van der Waals surface area (Å²) >= 11 is 0. The van der Waals surface area contributed by atoms with Gasteiger partial charge in [-0.15, -0.1) is 0 Å². The Hall–Kier alpha value is -1.06. The largest absolute Gasteiger partial charge is 0.493 e. The van der Waals surface area contributed by atoms with E-state index in [1.54, 1.807) is 0 Å². The number of hydrogen-bond donors (Lipinski definition) is 2. The zero-order valence-corrected chi connectivity index (χ0v) is 14.3. The number of aliphatic hydroxyl groups excluding tert-OH is 1. The number of hydrogen-bond acceptors (Lipinski definition) is 3. The van der Waals surface area contributed by atoms with Crippen molar-refractivity contribution in [3.8, 4) is 5.75 Å². The molecule has 0 saturated heterocycles. The first-order valence-corrected chi connectivity index (χ1v) is 7.98. The second-order valence-corrected chi connectivity index (χ2v) is 6.33. The Labute approximate surface area is 129 Å². The average Bonchev–Trinajstić information content (AvgIpc) is 2.43. The minimum absolute atomic E-state index is 0.162. The number of aryl methyl sites for hydroxylation is 3. The zero-order chi connectivity index (χ0) is 15.9. The van der Waals surface area contributed by atoms with Crippen LogP contribution in [-0.4, -0.2) is 30.4 Å². The van der Waals surface area contributed by atoms with Crippen LogP contribution in [0.15, 0.2) is 12.1 Å². The fourth-order valence-electron chi connectivity index (χ4n) is 2.68. The predicted octanol–water partition coefficient (Wildman–Crippen LogP) is 3.52. The van der Waals surface area contributed by atoms with Gasteiger partial charge in [-0.3, -0.25) is 0 Å². The van der Waals surface area contributed by atoms with E-state index in [2.05, 4.69) is 52.1 Å². The van der Waals surface area contributed by atoms with E-state index in [1.807, 2.05) is 0 Å². The number of nitrogens with one attached hydrogen (secondary N) is 1. The minimum atomic E-state index is -0.198. The molecule has 3 heteroatoms. The third-order valence-corrected chi connectivity index (χ3v) is 3.87. The quantitative estimate of drug-likeness (QED) is 0.685. The molecule has 0 fully saturated rings. The van der Waals surface area contributed by atoms with Crippen LogP contribution >= 0.6 is 0 Å². The molecule has 3 nitrogen and oxygen atoms in total. The molecule has 0 heterocycles. The van der Waals surface area contributed by atoms with Crippen molar-refractivity contribution in [2.24, 2.45) is 0 Å². The van der Waals surface area contributed by atoms with Crippen molar-refractivity contribution in [2.45, 2.75) is 59.4 Å². The van der Waals surface area contributed by atoms with E-state index in [0.29, 0.717) is 6.61 Å². The van der Waals surface area contributed by atoms with Gasteiger partial charge in [-0.2, -0.15) is 0 Å². The molecule has 0 amide bonds. The van der Waals surface area contributed by atoms with Gasteiger partial charge in [0.05, 0.1) is 13.2 Å². The van der Waals surface area contributed by atoms with Crippen LogP contribution in [-0.2, 0) is 0 Å². The van der Waals surface area contributed by atoms with Gasteiger partial charge in [-0.05, 0) is 64.6 Å². The van der Waals surface area contributed by atoms with Gasteiger partial charge in [-0.1, -0.05) is 24.6 Å². The van der Waals surface area contributed by atoms with Crippen LogP contribution in [0, 0.1) is 20.8 Å². The zero-order valence-electron chi connectivity index (χ0n) is 14.3. The molecule has 0 aliphatic heterocycles. The Morgan fingerprint density at radius 1 is 1.19 bits per heavy atom. The van der Waals surface area contributed by atoms with Crippen molar-refractivity contribution in [3.05, 3.63) is 28.8 Å². The Bertz CT molecular complexity index is 422. The van der Waals surface area contributed by atoms with Gasteiger partial charge in [0.1, 0.15) is 5.75 Å². The second-order valence-electron chi connectivity index (χ2n) is 6.33. The van der Waals surface area contributed by atoms with E-state index in [-0.39, 0.29) is 12.1 Å². The van der Waals surface area contributed by atoms with Crippen LogP contribution in [0.3, 0.4) is 0 Å². The Kier molecular flexibility index (Phi) is 7.20. The summed E-state index contributed by atoms with van der Waals surface area (Å²) in [5.74, 6) is 1.01. The Morgan fingerprint density at radius 2 is 1.81 bits per heavy atom. The molecule has 1 rings (SSSR count). The molecule has 1 aromatic rings. The van der Waals surface area contributed by atoms with Crippen LogP contribution in [0.2, 0.25) is 0 Å². The maximum Gasteiger partial charge on any atom is 0.125 e. The molecule has 2 N–H and O–H groups in total. The van der Waals surface area contributed by atoms with Crippen molar-refractivity contribution in [2.75, 3.05) is 19.8 Å². The van der Waals surface area contributed by atoms with Crippen molar-refractivity contribution in [1.82, 2.24) is 5.32 Å². The van der Waals surface area contributed by atoms with Crippen molar-refractivity contribution in [1.29, 1.82) is 0 Å². The molecule has 0 saturated carbocycles. The monoisotopic (exact) mass is 293 g/mol. The van der Waals surface area contributed by atoms with Crippen LogP contribution in [0.5, 0.6) is 5.75 Å². The van der Waals surface area contributed by atoms with Crippen LogP contribution in [0.4, 0.5) is 0 Å². The molecule has 0 bridgehead atoms. The number of aliphatic hydroxyl groups is 1. The van der Waals surface area contributed by atoms with Gasteiger partial charge in [0.2, 0.25) is 0 Å². The van der Waals surface area contributed by atoms with Gasteiger partial charge in [0.25, 0.3) is 0 Å². The van der Waals surface area contributed by atoms with Crippen molar-refractivity contribution >= 4 is 0 Å². The fraction of sp³-hybridized carbons (Fsp3) is 0.667. The lowest BCUT2D eigenvalue weighted by Crippen LogP contribution is -2.46. The highest BCUT2D eigenvalue weighted by atomic mass is 16.5. The standard InChI is InChI=1S/C18H31NO2/c1-6-9-19-18(5,13-20)8-7-10-21-17-15(3)11-14(2)12-16(17)4/h11-12,19-20H,6-10,13H2,1-5H3. The Morgan fingerprint density at radius 3 is 2.33 bits per heavy atom. The summed E-state index contributed by atoms with van der Waals surface area (Å²) < 4.78 is 5.96. The lowest BCUT2D eigenvalue weighted by atomic mass is 9.97. The summed E-state index contributed by atoms with van der Waals surface area (Å²) in [7, 11) is 0. The third-order valence-electron chi connectivity index (χ3n) is 3.87. The molecule has 0 spiro atoms. The van der Waals surface area contributed by atoms with E-state index >= 15 is 0 Å². The topological polar surface area (TPSA) is 41.5 Å². The van der Waals surface area contributed by atoms with Gasteiger partial charge in [0.15, 0.2) is 0 Å². The van der Waals surface area contributed by atoms with Crippen molar-refractivity contribution in [3.63, 3.8) is 0 Å². The van der Waals surface area contributed by atoms with E-state index in [0.717, 1.165) is 31.6 Å². The summed E-state index contributed by atoms with van der Waals surface area (Å²) in [6.45, 7) is 12.3. The molecular weight excluding hydrogens is 262 g/mol.